The van der Waals surface area contributed by atoms with Crippen LogP contribution >= 0.6 is 0 Å². The summed E-state index contributed by atoms with van der Waals surface area (Å²) in [7, 11) is 0. The van der Waals surface area contributed by atoms with E-state index >= 15 is 0 Å². The standard InChI is InChI=1S/C14H14N2O3/c1-9-2-4-11(15)14(16-9)17-7-10-3-5-12-13(6-10)19-8-18-12/h2-6H,7-8,15H2,1H3. The molecule has 1 aromatic carbocycles. The Morgan fingerprint density at radius 3 is 2.95 bits per heavy atom. The van der Waals surface area contributed by atoms with Crippen molar-refractivity contribution in [1.29, 1.82) is 0 Å². The molecule has 1 aliphatic rings. The molecule has 0 saturated carbocycles. The zero-order valence-electron chi connectivity index (χ0n) is 10.6. The normalized spacial score (nSPS) is 12.5. The van der Waals surface area contributed by atoms with E-state index in [4.69, 9.17) is 19.9 Å². The van der Waals surface area contributed by atoms with Gasteiger partial charge in [-0.1, -0.05) is 6.07 Å². The van der Waals surface area contributed by atoms with Crippen molar-refractivity contribution in [2.45, 2.75) is 13.5 Å². The number of nitrogens with two attached hydrogens (primary N) is 1. The van der Waals surface area contributed by atoms with Crippen LogP contribution in [0.3, 0.4) is 0 Å². The lowest BCUT2D eigenvalue weighted by Gasteiger charge is -2.09. The number of aryl methyl sites for hydroxylation is 1. The molecule has 1 aromatic heterocycles. The third-order valence-corrected chi connectivity index (χ3v) is 2.84. The topological polar surface area (TPSA) is 66.6 Å². The van der Waals surface area contributed by atoms with E-state index in [0.29, 0.717) is 18.2 Å². The molecule has 0 spiro atoms. The Hall–Kier alpha value is -2.43. The van der Waals surface area contributed by atoms with Crippen LogP contribution in [0, 0.1) is 6.92 Å². The lowest BCUT2D eigenvalue weighted by molar-refractivity contribution is 0.174. The Kier molecular flexibility index (Phi) is 2.87. The van der Waals surface area contributed by atoms with Crippen molar-refractivity contribution < 1.29 is 14.2 Å². The SMILES string of the molecule is Cc1ccc(N)c(OCc2ccc3c(c2)OCO3)n1. The summed E-state index contributed by atoms with van der Waals surface area (Å²) >= 11 is 0. The molecular formula is C14H14N2O3. The number of fused-ring (bicyclic) bond motifs is 1. The Balaban J connectivity index is 1.74. The molecule has 98 valence electrons. The molecule has 0 unspecified atom stereocenters. The van der Waals surface area contributed by atoms with Crippen molar-refractivity contribution in [3.63, 3.8) is 0 Å². The lowest BCUT2D eigenvalue weighted by Crippen LogP contribution is -2.01. The largest absolute Gasteiger partial charge is 0.471 e. The van der Waals surface area contributed by atoms with Gasteiger partial charge in [-0.3, -0.25) is 0 Å². The van der Waals surface area contributed by atoms with Crippen LogP contribution in [-0.4, -0.2) is 11.8 Å². The van der Waals surface area contributed by atoms with Crippen molar-refractivity contribution in [2.24, 2.45) is 0 Å². The van der Waals surface area contributed by atoms with E-state index in [9.17, 15) is 0 Å². The number of benzene rings is 1. The maximum atomic E-state index is 5.81. The molecule has 0 aliphatic carbocycles. The van der Waals surface area contributed by atoms with Crippen molar-refractivity contribution in [2.75, 3.05) is 12.5 Å². The monoisotopic (exact) mass is 258 g/mol. The van der Waals surface area contributed by atoms with E-state index in [0.717, 1.165) is 22.8 Å². The average molecular weight is 258 g/mol. The van der Waals surface area contributed by atoms with Crippen LogP contribution in [0.4, 0.5) is 5.69 Å². The molecule has 0 atom stereocenters. The van der Waals surface area contributed by atoms with Crippen molar-refractivity contribution >= 4 is 5.69 Å². The zero-order valence-corrected chi connectivity index (χ0v) is 10.6. The van der Waals surface area contributed by atoms with Gasteiger partial charge in [-0.2, -0.15) is 0 Å². The minimum absolute atomic E-state index is 0.270. The molecule has 3 rings (SSSR count). The number of anilines is 1. The summed E-state index contributed by atoms with van der Waals surface area (Å²) in [5, 5.41) is 0. The van der Waals surface area contributed by atoms with Crippen molar-refractivity contribution in [1.82, 2.24) is 4.98 Å². The van der Waals surface area contributed by atoms with Gasteiger partial charge in [0.2, 0.25) is 12.7 Å². The first-order valence-electron chi connectivity index (χ1n) is 5.97. The van der Waals surface area contributed by atoms with Gasteiger partial charge in [-0.25, -0.2) is 4.98 Å². The van der Waals surface area contributed by atoms with Gasteiger partial charge in [0.05, 0.1) is 5.69 Å². The fraction of sp³-hybridized carbons (Fsp3) is 0.214. The van der Waals surface area contributed by atoms with E-state index in [1.165, 1.54) is 0 Å². The summed E-state index contributed by atoms with van der Waals surface area (Å²) in [6.45, 7) is 2.55. The molecule has 19 heavy (non-hydrogen) atoms. The number of aromatic nitrogens is 1. The van der Waals surface area contributed by atoms with E-state index in [1.807, 2.05) is 31.2 Å². The minimum atomic E-state index is 0.270. The van der Waals surface area contributed by atoms with Gasteiger partial charge in [0.1, 0.15) is 6.61 Å². The molecule has 0 bridgehead atoms. The van der Waals surface area contributed by atoms with E-state index in [2.05, 4.69) is 4.98 Å². The highest BCUT2D eigenvalue weighted by molar-refractivity contribution is 5.48. The van der Waals surface area contributed by atoms with E-state index < -0.39 is 0 Å². The highest BCUT2D eigenvalue weighted by Gasteiger charge is 2.13. The van der Waals surface area contributed by atoms with Gasteiger partial charge < -0.3 is 19.9 Å². The minimum Gasteiger partial charge on any atom is -0.471 e. The Morgan fingerprint density at radius 1 is 1.21 bits per heavy atom. The van der Waals surface area contributed by atoms with Crippen LogP contribution in [0.5, 0.6) is 17.4 Å². The van der Waals surface area contributed by atoms with Gasteiger partial charge in [-0.05, 0) is 36.8 Å². The average Bonchev–Trinajstić information content (AvgIpc) is 2.87. The molecule has 2 aromatic rings. The zero-order chi connectivity index (χ0) is 13.2. The van der Waals surface area contributed by atoms with Gasteiger partial charge in [0, 0.05) is 5.69 Å². The Bertz CT molecular complexity index is 614. The molecule has 2 N–H and O–H groups in total. The fourth-order valence-corrected chi connectivity index (χ4v) is 1.84. The summed E-state index contributed by atoms with van der Waals surface area (Å²) in [6, 6.07) is 9.34. The highest BCUT2D eigenvalue weighted by Crippen LogP contribution is 2.32. The molecule has 5 heteroatoms. The summed E-state index contributed by atoms with van der Waals surface area (Å²) in [5.41, 5.74) is 8.19. The number of nitrogens with zero attached hydrogens (tertiary/aromatic N) is 1. The summed E-state index contributed by atoms with van der Waals surface area (Å²) in [6.07, 6.45) is 0. The molecule has 2 heterocycles. The maximum absolute atomic E-state index is 5.81. The van der Waals surface area contributed by atoms with Crippen LogP contribution in [0.2, 0.25) is 0 Å². The third kappa shape index (κ3) is 2.40. The van der Waals surface area contributed by atoms with Gasteiger partial charge in [0.25, 0.3) is 0 Å². The predicted molar refractivity (Wildman–Crippen MR) is 70.3 cm³/mol. The Labute approximate surface area is 110 Å². The highest BCUT2D eigenvalue weighted by atomic mass is 16.7. The number of rotatable bonds is 3. The first-order chi connectivity index (χ1) is 9.22. The number of pyridine rings is 1. The van der Waals surface area contributed by atoms with Gasteiger partial charge in [0.15, 0.2) is 11.5 Å². The van der Waals surface area contributed by atoms with E-state index in [1.54, 1.807) is 6.07 Å². The lowest BCUT2D eigenvalue weighted by atomic mass is 10.2. The number of hydrogen-bond acceptors (Lipinski definition) is 5. The molecule has 1 aliphatic heterocycles. The predicted octanol–water partition coefficient (Wildman–Crippen LogP) is 2.28. The van der Waals surface area contributed by atoms with Gasteiger partial charge >= 0.3 is 0 Å². The van der Waals surface area contributed by atoms with Crippen LogP contribution in [0.1, 0.15) is 11.3 Å². The fourth-order valence-electron chi connectivity index (χ4n) is 1.84. The van der Waals surface area contributed by atoms with Crippen molar-refractivity contribution in [3.8, 4) is 17.4 Å². The first kappa shape index (κ1) is 11.6. The number of nitrogen functional groups attached to an aromatic ring is 1. The smallest absolute Gasteiger partial charge is 0.237 e. The molecule has 0 radical (unpaired) electrons. The van der Waals surface area contributed by atoms with Crippen LogP contribution < -0.4 is 19.9 Å². The second kappa shape index (κ2) is 4.68. The molecule has 0 fully saturated rings. The molecule has 0 saturated heterocycles. The second-order valence-corrected chi connectivity index (χ2v) is 4.32. The van der Waals surface area contributed by atoms with E-state index in [-0.39, 0.29) is 6.79 Å². The number of ether oxygens (including phenoxy) is 3. The first-order valence-corrected chi connectivity index (χ1v) is 5.97. The molecule has 0 amide bonds. The van der Waals surface area contributed by atoms with Crippen LogP contribution in [-0.2, 0) is 6.61 Å². The third-order valence-electron chi connectivity index (χ3n) is 2.84. The van der Waals surface area contributed by atoms with Gasteiger partial charge in [-0.15, -0.1) is 0 Å². The maximum Gasteiger partial charge on any atom is 0.237 e. The summed E-state index contributed by atoms with van der Waals surface area (Å²) < 4.78 is 16.2. The summed E-state index contributed by atoms with van der Waals surface area (Å²) in [4.78, 5) is 4.26. The summed E-state index contributed by atoms with van der Waals surface area (Å²) in [5.74, 6) is 1.96. The Morgan fingerprint density at radius 2 is 2.05 bits per heavy atom. The number of hydrogen-bond donors (Lipinski definition) is 1. The molecule has 5 nitrogen and oxygen atoms in total. The van der Waals surface area contributed by atoms with Crippen LogP contribution in [0.15, 0.2) is 30.3 Å². The molecular weight excluding hydrogens is 244 g/mol. The quantitative estimate of drug-likeness (QED) is 0.914. The van der Waals surface area contributed by atoms with Crippen LogP contribution in [0.25, 0.3) is 0 Å². The second-order valence-electron chi connectivity index (χ2n) is 4.32. The van der Waals surface area contributed by atoms with Crippen molar-refractivity contribution in [3.05, 3.63) is 41.6 Å².